The molecule has 16 nitrogen and oxygen atoms in total. The molecule has 0 unspecified atom stereocenters. The molecule has 1 spiro atoms. The number of nitrogens with zero attached hydrogens (tertiary/aromatic N) is 2. The lowest BCUT2D eigenvalue weighted by atomic mass is 9.65. The summed E-state index contributed by atoms with van der Waals surface area (Å²) in [5, 5.41) is 6.64. The van der Waals surface area contributed by atoms with Gasteiger partial charge in [0.15, 0.2) is 0 Å². The number of allylic oxidation sites excluding steroid dienone is 1. The summed E-state index contributed by atoms with van der Waals surface area (Å²) in [5.41, 5.74) is -1.39. The number of aromatic nitrogens is 1. The number of amides is 4. The molecule has 5 aliphatic rings. The van der Waals surface area contributed by atoms with Gasteiger partial charge in [-0.2, -0.15) is 0 Å². The van der Waals surface area contributed by atoms with Crippen LogP contribution in [-0.4, -0.2) is 110 Å². The van der Waals surface area contributed by atoms with Gasteiger partial charge in [0, 0.05) is 36.0 Å². The van der Waals surface area contributed by atoms with Crippen molar-refractivity contribution in [3.63, 3.8) is 0 Å². The topological polar surface area (TPSA) is 216 Å². The van der Waals surface area contributed by atoms with Gasteiger partial charge in [-0.05, 0) is 103 Å². The highest BCUT2D eigenvalue weighted by Crippen LogP contribution is 2.48. The lowest BCUT2D eigenvalue weighted by Crippen LogP contribution is -2.70. The number of hydrogen-bond donors (Lipinski definition) is 3. The monoisotopic (exact) mass is 913 g/mol. The van der Waals surface area contributed by atoms with Crippen molar-refractivity contribution in [2.24, 2.45) is 5.92 Å². The van der Waals surface area contributed by atoms with Crippen molar-refractivity contribution in [2.45, 2.75) is 158 Å². The Morgan fingerprint density at radius 3 is 2.46 bits per heavy atom. The highest BCUT2D eigenvalue weighted by molar-refractivity contribution is 7.91. The Hall–Kier alpha value is -4.45. The van der Waals surface area contributed by atoms with E-state index in [0.29, 0.717) is 62.9 Å². The highest BCUT2D eigenvalue weighted by Gasteiger charge is 2.60. The molecule has 1 aromatic heterocycles. The van der Waals surface area contributed by atoms with Gasteiger partial charge in [-0.1, -0.05) is 38.8 Å². The SMILES string of the molecule is COc1ccc2nc(C(C)C)c3c(c2c1)CC[C@]1(C[C@H]2C(=O)N[C@]4(C(=O)NS(=O)(=O)C5(C)CC5)CC[C@H]4/C=C\CCCCC[C@H](NC(=O)OC(C)(C)CCS(C)(=O)=O)C(=O)N2C1)O3. The molecule has 18 heteroatoms. The van der Waals surface area contributed by atoms with Crippen LogP contribution in [0, 0.1) is 5.92 Å². The number of aryl methyl sites for hydroxylation is 1. The molecule has 2 aromatic rings. The second kappa shape index (κ2) is 17.2. The summed E-state index contributed by atoms with van der Waals surface area (Å²) in [6.07, 6.45) is 9.49. The first-order valence-electron chi connectivity index (χ1n) is 22.2. The minimum atomic E-state index is -4.05. The molecule has 0 radical (unpaired) electrons. The zero-order valence-corrected chi connectivity index (χ0v) is 39.1. The molecule has 4 amide bonds. The summed E-state index contributed by atoms with van der Waals surface area (Å²) in [5.74, 6) is -1.49. The summed E-state index contributed by atoms with van der Waals surface area (Å²) in [4.78, 5) is 64.4. The largest absolute Gasteiger partial charge is 0.497 e. The zero-order valence-electron chi connectivity index (χ0n) is 37.5. The zero-order chi connectivity index (χ0) is 45.8. The van der Waals surface area contributed by atoms with Crippen molar-refractivity contribution < 1.29 is 50.2 Å². The first kappa shape index (κ1) is 46.5. The molecule has 2 aliphatic carbocycles. The predicted octanol–water partition coefficient (Wildman–Crippen LogP) is 5.12. The molecule has 5 atom stereocenters. The average molecular weight is 914 g/mol. The number of ether oxygens (including phenoxy) is 3. The average Bonchev–Trinajstić information content (AvgIpc) is 3.87. The van der Waals surface area contributed by atoms with Gasteiger partial charge in [0.1, 0.15) is 50.2 Å². The van der Waals surface area contributed by atoms with E-state index >= 15 is 9.59 Å². The standard InChI is InChI=1S/C45H63N5O11S2/c1-28(2)36-37-31(32-25-30(59-6)15-16-33(32)46-36)18-19-44(60-37)26-35-38(51)48-45(40(53)49-63(57,58)43(5)21-22-43)20-17-29(45)13-11-9-8-10-12-14-34(39(52)50(35)27-44)47-41(54)61-42(3,4)23-24-62(7,55)56/h11,13,15-16,25,28-29,34-35H,8-10,12,14,17-24,26-27H2,1-7H3,(H,47,54)(H,48,51)(H,49,53)/b13-11-/t29-,34+,35+,44-,45-/m1/s1. The fraction of sp³-hybridized carbons (Fsp3) is 0.667. The minimum Gasteiger partial charge on any atom is -0.497 e. The Balaban J connectivity index is 1.25. The van der Waals surface area contributed by atoms with Crippen LogP contribution in [0.3, 0.4) is 0 Å². The van der Waals surface area contributed by atoms with Crippen LogP contribution in [0.2, 0.25) is 0 Å². The molecule has 1 saturated heterocycles. The fourth-order valence-corrected chi connectivity index (χ4v) is 11.5. The van der Waals surface area contributed by atoms with Crippen LogP contribution >= 0.6 is 0 Å². The molecular weight excluding hydrogens is 851 g/mol. The summed E-state index contributed by atoms with van der Waals surface area (Å²) >= 11 is 0. The van der Waals surface area contributed by atoms with Gasteiger partial charge >= 0.3 is 6.09 Å². The number of hydrogen-bond acceptors (Lipinski definition) is 12. The van der Waals surface area contributed by atoms with Gasteiger partial charge in [0.25, 0.3) is 5.91 Å². The first-order valence-corrected chi connectivity index (χ1v) is 25.8. The Kier molecular flexibility index (Phi) is 12.7. The smallest absolute Gasteiger partial charge is 0.408 e. The van der Waals surface area contributed by atoms with E-state index in [-0.39, 0.29) is 43.9 Å². The minimum absolute atomic E-state index is 0.0284. The van der Waals surface area contributed by atoms with Crippen molar-refractivity contribution >= 4 is 54.6 Å². The van der Waals surface area contributed by atoms with E-state index in [0.717, 1.165) is 34.8 Å². The van der Waals surface area contributed by atoms with Gasteiger partial charge in [0.05, 0.1) is 35.4 Å². The molecule has 63 heavy (non-hydrogen) atoms. The number of sulfonamides is 1. The van der Waals surface area contributed by atoms with E-state index in [1.165, 1.54) is 4.90 Å². The first-order chi connectivity index (χ1) is 29.5. The Morgan fingerprint density at radius 1 is 1.06 bits per heavy atom. The van der Waals surface area contributed by atoms with Crippen LogP contribution in [-0.2, 0) is 45.4 Å². The van der Waals surface area contributed by atoms with Crippen LogP contribution in [0.15, 0.2) is 30.4 Å². The molecule has 3 N–H and O–H groups in total. The number of methoxy groups -OCH3 is 1. The van der Waals surface area contributed by atoms with E-state index in [4.69, 9.17) is 19.2 Å². The number of rotatable bonds is 10. The lowest BCUT2D eigenvalue weighted by molar-refractivity contribution is -0.144. The van der Waals surface area contributed by atoms with Crippen LogP contribution in [0.25, 0.3) is 10.9 Å². The summed E-state index contributed by atoms with van der Waals surface area (Å²) < 4.78 is 70.3. The van der Waals surface area contributed by atoms with Crippen molar-refractivity contribution in [1.29, 1.82) is 0 Å². The molecular formula is C45H63N5O11S2. The molecule has 3 fully saturated rings. The maximum Gasteiger partial charge on any atom is 0.408 e. The van der Waals surface area contributed by atoms with Crippen LogP contribution in [0.1, 0.15) is 129 Å². The Labute approximate surface area is 371 Å². The number of fused-ring (bicyclic) bond motifs is 5. The lowest BCUT2D eigenvalue weighted by Gasteiger charge is -2.48. The number of carbonyl (C=O) groups excluding carboxylic acids is 4. The van der Waals surface area contributed by atoms with Crippen LogP contribution in [0.4, 0.5) is 4.79 Å². The second-order valence-electron chi connectivity index (χ2n) is 19.6. The molecule has 4 heterocycles. The van der Waals surface area contributed by atoms with Gasteiger partial charge in [-0.25, -0.2) is 26.6 Å². The van der Waals surface area contributed by atoms with Gasteiger partial charge in [-0.3, -0.25) is 19.1 Å². The van der Waals surface area contributed by atoms with Crippen molar-refractivity contribution in [3.05, 3.63) is 41.6 Å². The van der Waals surface area contributed by atoms with E-state index in [1.54, 1.807) is 27.9 Å². The molecule has 7 rings (SSSR count). The maximum atomic E-state index is 15.1. The number of alkyl carbamates (subject to hydrolysis) is 1. The van der Waals surface area contributed by atoms with Crippen molar-refractivity contribution in [1.82, 2.24) is 25.2 Å². The third-order valence-corrected chi connectivity index (χ3v) is 16.9. The van der Waals surface area contributed by atoms with E-state index in [2.05, 4.69) is 15.4 Å². The molecule has 346 valence electrons. The van der Waals surface area contributed by atoms with Crippen LogP contribution in [0.5, 0.6) is 11.5 Å². The van der Waals surface area contributed by atoms with E-state index in [1.807, 2.05) is 44.2 Å². The van der Waals surface area contributed by atoms with Gasteiger partial charge < -0.3 is 29.7 Å². The van der Waals surface area contributed by atoms with Gasteiger partial charge in [0.2, 0.25) is 21.8 Å². The quantitative estimate of drug-likeness (QED) is 0.265. The number of pyridine rings is 1. The Bertz CT molecular complexity index is 2420. The van der Waals surface area contributed by atoms with Crippen molar-refractivity contribution in [3.8, 4) is 11.5 Å². The van der Waals surface area contributed by atoms with Gasteiger partial charge in [-0.15, -0.1) is 0 Å². The Morgan fingerprint density at radius 2 is 1.81 bits per heavy atom. The highest BCUT2D eigenvalue weighted by atomic mass is 32.2. The van der Waals surface area contributed by atoms with Crippen molar-refractivity contribution in [2.75, 3.05) is 25.7 Å². The molecule has 0 bridgehead atoms. The summed E-state index contributed by atoms with van der Waals surface area (Å²) in [6.45, 7) is 8.80. The number of sulfone groups is 1. The molecule has 2 saturated carbocycles. The third kappa shape index (κ3) is 9.67. The summed E-state index contributed by atoms with van der Waals surface area (Å²) in [6, 6.07) is 3.39. The predicted molar refractivity (Wildman–Crippen MR) is 237 cm³/mol. The third-order valence-electron chi connectivity index (χ3n) is 13.8. The summed E-state index contributed by atoms with van der Waals surface area (Å²) in [7, 11) is -5.80. The number of benzene rings is 1. The number of nitrogens with one attached hydrogen (secondary N) is 3. The van der Waals surface area contributed by atoms with E-state index < -0.39 is 83.2 Å². The molecule has 3 aliphatic heterocycles. The normalized spacial score (nSPS) is 27.9. The van der Waals surface area contributed by atoms with E-state index in [9.17, 15) is 26.4 Å². The maximum absolute atomic E-state index is 15.1. The second-order valence-corrected chi connectivity index (χ2v) is 24.1. The number of carbonyl (C=O) groups is 4. The molecule has 1 aromatic carbocycles. The fourth-order valence-electron chi connectivity index (χ4n) is 9.33. The van der Waals surface area contributed by atoms with Crippen LogP contribution < -0.4 is 24.8 Å².